The molecule has 0 bridgehead atoms. The minimum atomic E-state index is -0.288. The average Bonchev–Trinajstić information content (AvgIpc) is 2.73. The van der Waals surface area contributed by atoms with E-state index in [0.29, 0.717) is 11.5 Å². The minimum absolute atomic E-state index is 0.140. The molecule has 16 heavy (non-hydrogen) atoms. The van der Waals surface area contributed by atoms with Crippen molar-refractivity contribution < 1.29 is 14.3 Å². The predicted octanol–water partition coefficient (Wildman–Crippen LogP) is 0.851. The molecule has 0 saturated heterocycles. The van der Waals surface area contributed by atoms with E-state index in [1.165, 1.54) is 7.05 Å². The summed E-state index contributed by atoms with van der Waals surface area (Å²) in [7, 11) is 1.53. The number of nitrogens with two attached hydrogens (primary N) is 1. The van der Waals surface area contributed by atoms with Gasteiger partial charge < -0.3 is 9.47 Å². The number of hydrogen-bond acceptors (Lipinski definition) is 4. The fraction of sp³-hybridized carbons (Fsp3) is 0.364. The first-order valence-electron chi connectivity index (χ1n) is 5.01. The number of ether oxygens (including phenoxy) is 2. The van der Waals surface area contributed by atoms with Gasteiger partial charge in [0.05, 0.1) is 5.92 Å². The van der Waals surface area contributed by atoms with Crippen molar-refractivity contribution in [1.29, 1.82) is 0 Å². The highest BCUT2D eigenvalue weighted by atomic mass is 16.7. The van der Waals surface area contributed by atoms with Gasteiger partial charge in [-0.3, -0.25) is 9.80 Å². The fourth-order valence-electron chi connectivity index (χ4n) is 1.63. The second-order valence-electron chi connectivity index (χ2n) is 3.78. The Balaban J connectivity index is 2.24. The normalized spacial score (nSPS) is 14.7. The van der Waals surface area contributed by atoms with Gasteiger partial charge in [-0.1, -0.05) is 6.07 Å². The van der Waals surface area contributed by atoms with E-state index in [0.717, 1.165) is 10.6 Å². The smallest absolute Gasteiger partial charge is 0.243 e. The van der Waals surface area contributed by atoms with Gasteiger partial charge in [0, 0.05) is 7.05 Å². The van der Waals surface area contributed by atoms with Crippen molar-refractivity contribution >= 4 is 5.91 Å². The summed E-state index contributed by atoms with van der Waals surface area (Å²) >= 11 is 0. The molecular formula is C11H14N2O3. The lowest BCUT2D eigenvalue weighted by atomic mass is 10.00. The Bertz CT molecular complexity index is 418. The molecule has 1 atom stereocenters. The van der Waals surface area contributed by atoms with Crippen molar-refractivity contribution in [1.82, 2.24) is 5.01 Å². The summed E-state index contributed by atoms with van der Waals surface area (Å²) in [5.41, 5.74) is 0.867. The van der Waals surface area contributed by atoms with Crippen LogP contribution in [0.2, 0.25) is 0 Å². The Morgan fingerprint density at radius 3 is 2.81 bits per heavy atom. The van der Waals surface area contributed by atoms with Crippen molar-refractivity contribution in [2.45, 2.75) is 12.8 Å². The van der Waals surface area contributed by atoms with Crippen LogP contribution in [-0.2, 0) is 4.79 Å². The van der Waals surface area contributed by atoms with Gasteiger partial charge in [0.25, 0.3) is 0 Å². The molecule has 1 aliphatic rings. The maximum atomic E-state index is 11.7. The second kappa shape index (κ2) is 4.02. The first-order chi connectivity index (χ1) is 7.59. The molecule has 0 fully saturated rings. The molecule has 1 aromatic rings. The third kappa shape index (κ3) is 1.81. The summed E-state index contributed by atoms with van der Waals surface area (Å²) in [6, 6.07) is 5.46. The van der Waals surface area contributed by atoms with E-state index < -0.39 is 0 Å². The number of amides is 1. The van der Waals surface area contributed by atoms with Crippen LogP contribution in [0.4, 0.5) is 0 Å². The molecule has 1 unspecified atom stereocenters. The number of likely N-dealkylation sites (N-methyl/N-ethyl adjacent to an activating group) is 1. The fourth-order valence-corrected chi connectivity index (χ4v) is 1.63. The largest absolute Gasteiger partial charge is 0.454 e. The third-order valence-electron chi connectivity index (χ3n) is 2.61. The van der Waals surface area contributed by atoms with E-state index in [4.69, 9.17) is 15.3 Å². The lowest BCUT2D eigenvalue weighted by Crippen LogP contribution is -2.36. The average molecular weight is 222 g/mol. The molecule has 0 aliphatic carbocycles. The Morgan fingerprint density at radius 1 is 1.44 bits per heavy atom. The lowest BCUT2D eigenvalue weighted by molar-refractivity contribution is -0.131. The van der Waals surface area contributed by atoms with Crippen molar-refractivity contribution in [3.8, 4) is 11.5 Å². The molecule has 5 nitrogen and oxygen atoms in total. The number of hydrazine groups is 1. The highest BCUT2D eigenvalue weighted by molar-refractivity contribution is 5.82. The van der Waals surface area contributed by atoms with Crippen molar-refractivity contribution in [3.63, 3.8) is 0 Å². The zero-order valence-corrected chi connectivity index (χ0v) is 9.27. The number of hydrogen-bond donors (Lipinski definition) is 1. The van der Waals surface area contributed by atoms with Crippen LogP contribution in [0.1, 0.15) is 18.4 Å². The van der Waals surface area contributed by atoms with Crippen molar-refractivity contribution in [2.75, 3.05) is 13.8 Å². The maximum Gasteiger partial charge on any atom is 0.243 e. The Labute approximate surface area is 93.7 Å². The molecule has 86 valence electrons. The number of rotatable bonds is 2. The van der Waals surface area contributed by atoms with Gasteiger partial charge in [-0.2, -0.15) is 0 Å². The zero-order valence-electron chi connectivity index (χ0n) is 9.27. The van der Waals surface area contributed by atoms with Gasteiger partial charge in [-0.25, -0.2) is 5.84 Å². The summed E-state index contributed by atoms with van der Waals surface area (Å²) in [4.78, 5) is 11.7. The first-order valence-corrected chi connectivity index (χ1v) is 5.01. The minimum Gasteiger partial charge on any atom is -0.454 e. The first kappa shape index (κ1) is 10.8. The van der Waals surface area contributed by atoms with Crippen LogP contribution in [0.15, 0.2) is 18.2 Å². The van der Waals surface area contributed by atoms with Crippen LogP contribution in [0, 0.1) is 0 Å². The highest BCUT2D eigenvalue weighted by Crippen LogP contribution is 2.34. The van der Waals surface area contributed by atoms with Crippen LogP contribution in [0.3, 0.4) is 0 Å². The van der Waals surface area contributed by atoms with Crippen molar-refractivity contribution in [2.24, 2.45) is 5.84 Å². The molecule has 2 rings (SSSR count). The molecule has 1 aromatic carbocycles. The molecule has 2 N–H and O–H groups in total. The molecule has 1 amide bonds. The summed E-state index contributed by atoms with van der Waals surface area (Å²) < 4.78 is 10.4. The molecule has 5 heteroatoms. The van der Waals surface area contributed by atoms with E-state index in [2.05, 4.69) is 0 Å². The van der Waals surface area contributed by atoms with Crippen LogP contribution in [-0.4, -0.2) is 24.8 Å². The molecule has 1 heterocycles. The number of carbonyl (C=O) groups is 1. The second-order valence-corrected chi connectivity index (χ2v) is 3.78. The number of nitrogens with zero attached hydrogens (tertiary/aromatic N) is 1. The monoisotopic (exact) mass is 222 g/mol. The highest BCUT2D eigenvalue weighted by Gasteiger charge is 2.21. The Kier molecular flexibility index (Phi) is 2.70. The molecule has 0 radical (unpaired) electrons. The summed E-state index contributed by atoms with van der Waals surface area (Å²) in [5, 5.41) is 1.09. The molecular weight excluding hydrogens is 208 g/mol. The van der Waals surface area contributed by atoms with E-state index in [9.17, 15) is 4.79 Å². The van der Waals surface area contributed by atoms with E-state index in [-0.39, 0.29) is 18.6 Å². The quantitative estimate of drug-likeness (QED) is 0.457. The molecule has 0 aromatic heterocycles. The number of carbonyl (C=O) groups excluding carboxylic acids is 1. The van der Waals surface area contributed by atoms with Crippen LogP contribution in [0.25, 0.3) is 0 Å². The van der Waals surface area contributed by atoms with Gasteiger partial charge in [0.1, 0.15) is 0 Å². The molecule has 0 saturated carbocycles. The van der Waals surface area contributed by atoms with Crippen LogP contribution >= 0.6 is 0 Å². The van der Waals surface area contributed by atoms with Gasteiger partial charge in [-0.05, 0) is 24.6 Å². The Hall–Kier alpha value is -1.75. The zero-order chi connectivity index (χ0) is 11.7. The summed E-state index contributed by atoms with van der Waals surface area (Å²) in [5.74, 6) is 6.38. The molecule has 1 aliphatic heterocycles. The van der Waals surface area contributed by atoms with Gasteiger partial charge in [0.15, 0.2) is 11.5 Å². The van der Waals surface area contributed by atoms with Crippen LogP contribution < -0.4 is 15.3 Å². The molecule has 0 spiro atoms. The number of benzene rings is 1. The maximum absolute atomic E-state index is 11.7. The van der Waals surface area contributed by atoms with E-state index in [1.54, 1.807) is 6.07 Å². The lowest BCUT2D eigenvalue weighted by Gasteiger charge is -2.16. The topological polar surface area (TPSA) is 64.8 Å². The van der Waals surface area contributed by atoms with Gasteiger partial charge in [0.2, 0.25) is 12.7 Å². The summed E-state index contributed by atoms with van der Waals surface area (Å²) in [6.07, 6.45) is 0. The summed E-state index contributed by atoms with van der Waals surface area (Å²) in [6.45, 7) is 2.04. The predicted molar refractivity (Wildman–Crippen MR) is 57.9 cm³/mol. The standard InChI is InChI=1S/C11H14N2O3/c1-7(11(14)13(2)12)8-3-4-9-10(5-8)16-6-15-9/h3-5,7H,6,12H2,1-2H3. The number of fused-ring (bicyclic) bond motifs is 1. The Morgan fingerprint density at radius 2 is 2.12 bits per heavy atom. The van der Waals surface area contributed by atoms with Crippen molar-refractivity contribution in [3.05, 3.63) is 23.8 Å². The van der Waals surface area contributed by atoms with E-state index >= 15 is 0 Å². The SMILES string of the molecule is CC(C(=O)N(C)N)c1ccc2c(c1)OCO2. The van der Waals surface area contributed by atoms with Crippen LogP contribution in [0.5, 0.6) is 11.5 Å². The van der Waals surface area contributed by atoms with Gasteiger partial charge in [-0.15, -0.1) is 0 Å². The third-order valence-corrected chi connectivity index (χ3v) is 2.61. The van der Waals surface area contributed by atoms with Gasteiger partial charge >= 0.3 is 0 Å². The van der Waals surface area contributed by atoms with E-state index in [1.807, 2.05) is 19.1 Å².